The molecule has 1 amide bonds. The third-order valence-corrected chi connectivity index (χ3v) is 5.53. The van der Waals surface area contributed by atoms with E-state index in [4.69, 9.17) is 11.6 Å². The van der Waals surface area contributed by atoms with E-state index >= 15 is 0 Å². The van der Waals surface area contributed by atoms with Gasteiger partial charge in [-0.2, -0.15) is 0 Å². The number of nitrogens with zero attached hydrogens (tertiary/aromatic N) is 3. The van der Waals surface area contributed by atoms with E-state index in [9.17, 15) is 4.79 Å². The van der Waals surface area contributed by atoms with Crippen LogP contribution >= 0.6 is 22.9 Å². The van der Waals surface area contributed by atoms with Crippen LogP contribution in [0, 0.1) is 0 Å². The molecule has 134 valence electrons. The molecule has 0 spiro atoms. The van der Waals surface area contributed by atoms with E-state index in [0.29, 0.717) is 10.8 Å². The number of carbonyl (C=O) groups excluding carboxylic acids is 1. The third kappa shape index (κ3) is 3.28. The number of carbonyl (C=O) groups is 1. The highest BCUT2D eigenvalue weighted by Crippen LogP contribution is 2.29. The van der Waals surface area contributed by atoms with Gasteiger partial charge in [-0.25, -0.2) is 4.98 Å². The monoisotopic (exact) mass is 386 g/mol. The van der Waals surface area contributed by atoms with E-state index in [2.05, 4.69) is 28.2 Å². The van der Waals surface area contributed by atoms with E-state index in [1.54, 1.807) is 6.08 Å². The highest BCUT2D eigenvalue weighted by Gasteiger charge is 2.21. The van der Waals surface area contributed by atoms with Gasteiger partial charge < -0.3 is 5.32 Å². The maximum Gasteiger partial charge on any atom is 0.248 e. The molecule has 7 heteroatoms. The van der Waals surface area contributed by atoms with Gasteiger partial charge in [0.15, 0.2) is 10.1 Å². The number of hydrogen-bond acceptors (Lipinski definition) is 4. The van der Waals surface area contributed by atoms with Crippen molar-refractivity contribution in [3.63, 3.8) is 0 Å². The molecule has 0 bridgehead atoms. The van der Waals surface area contributed by atoms with Crippen LogP contribution in [0.5, 0.6) is 0 Å². The van der Waals surface area contributed by atoms with Crippen LogP contribution in [0.1, 0.15) is 30.2 Å². The number of fused-ring (bicyclic) bond motifs is 2. The number of hydrogen-bond donors (Lipinski definition) is 1. The Morgan fingerprint density at radius 2 is 2.31 bits per heavy atom. The average molecular weight is 387 g/mol. The summed E-state index contributed by atoms with van der Waals surface area (Å²) in [4.78, 5) is 19.9. The Bertz CT molecular complexity index is 991. The third-order valence-electron chi connectivity index (χ3n) is 4.49. The molecule has 1 N–H and O–H groups in total. The van der Waals surface area contributed by atoms with Crippen molar-refractivity contribution >= 4 is 45.6 Å². The minimum absolute atomic E-state index is 0.173. The van der Waals surface area contributed by atoms with Crippen molar-refractivity contribution in [2.24, 2.45) is 0 Å². The van der Waals surface area contributed by atoms with E-state index in [1.165, 1.54) is 28.5 Å². The molecule has 1 aliphatic heterocycles. The minimum Gasteiger partial charge on any atom is -0.322 e. The lowest BCUT2D eigenvalue weighted by atomic mass is 10.1. The van der Waals surface area contributed by atoms with Gasteiger partial charge in [0.05, 0.1) is 5.69 Å². The van der Waals surface area contributed by atoms with Crippen LogP contribution < -0.4 is 5.32 Å². The molecule has 0 saturated carbocycles. The van der Waals surface area contributed by atoms with Crippen molar-refractivity contribution in [2.45, 2.75) is 26.4 Å². The number of anilines is 1. The molecule has 1 aliphatic rings. The van der Waals surface area contributed by atoms with Gasteiger partial charge in [0.25, 0.3) is 0 Å². The molecular formula is C19H19ClN4OS. The fourth-order valence-corrected chi connectivity index (χ4v) is 4.34. The van der Waals surface area contributed by atoms with Gasteiger partial charge in [0, 0.05) is 36.4 Å². The van der Waals surface area contributed by atoms with Gasteiger partial charge >= 0.3 is 0 Å². The summed E-state index contributed by atoms with van der Waals surface area (Å²) >= 11 is 7.67. The Kier molecular flexibility index (Phi) is 4.80. The first-order chi connectivity index (χ1) is 12.7. The molecule has 5 nitrogen and oxygen atoms in total. The SMILES string of the molecule is CCCN1Cc2cccc(NC(=O)/C=C/c3c(Cl)nc4sccn34)c2C1. The lowest BCUT2D eigenvalue weighted by Crippen LogP contribution is -2.17. The number of thiazole rings is 1. The first-order valence-electron chi connectivity index (χ1n) is 8.59. The molecule has 0 atom stereocenters. The second-order valence-electron chi connectivity index (χ2n) is 6.32. The average Bonchev–Trinajstić information content (AvgIpc) is 3.28. The maximum absolute atomic E-state index is 12.4. The summed E-state index contributed by atoms with van der Waals surface area (Å²) in [5.41, 5.74) is 4.10. The lowest BCUT2D eigenvalue weighted by Gasteiger charge is -2.13. The zero-order valence-electron chi connectivity index (χ0n) is 14.4. The van der Waals surface area contributed by atoms with Crippen molar-refractivity contribution in [3.8, 4) is 0 Å². The van der Waals surface area contributed by atoms with Crippen LogP contribution in [0.2, 0.25) is 5.15 Å². The fourth-order valence-electron chi connectivity index (χ4n) is 3.34. The number of aromatic nitrogens is 2. The molecule has 1 aromatic carbocycles. The van der Waals surface area contributed by atoms with E-state index in [-0.39, 0.29) is 5.91 Å². The molecule has 3 heterocycles. The second kappa shape index (κ2) is 7.23. The van der Waals surface area contributed by atoms with E-state index < -0.39 is 0 Å². The fraction of sp³-hybridized carbons (Fsp3) is 0.263. The Labute approximate surface area is 160 Å². The summed E-state index contributed by atoms with van der Waals surface area (Å²) in [7, 11) is 0. The first-order valence-corrected chi connectivity index (χ1v) is 9.84. The van der Waals surface area contributed by atoms with Crippen molar-refractivity contribution in [1.29, 1.82) is 0 Å². The van der Waals surface area contributed by atoms with Crippen molar-refractivity contribution in [1.82, 2.24) is 14.3 Å². The Hall–Kier alpha value is -2.15. The molecule has 0 aliphatic carbocycles. The zero-order chi connectivity index (χ0) is 18.1. The van der Waals surface area contributed by atoms with Crippen LogP contribution in [0.3, 0.4) is 0 Å². The summed E-state index contributed by atoms with van der Waals surface area (Å²) in [6, 6.07) is 6.09. The zero-order valence-corrected chi connectivity index (χ0v) is 16.0. The van der Waals surface area contributed by atoms with E-state index in [0.717, 1.165) is 36.7 Å². The molecule has 3 aromatic rings. The van der Waals surface area contributed by atoms with Crippen molar-refractivity contribution in [3.05, 3.63) is 57.8 Å². The van der Waals surface area contributed by atoms with Gasteiger partial charge in [0.1, 0.15) is 0 Å². The van der Waals surface area contributed by atoms with Crippen molar-refractivity contribution in [2.75, 3.05) is 11.9 Å². The molecule has 2 aromatic heterocycles. The minimum atomic E-state index is -0.173. The number of halogens is 1. The summed E-state index contributed by atoms with van der Waals surface area (Å²) in [6.45, 7) is 5.08. The molecule has 4 rings (SSSR count). The maximum atomic E-state index is 12.4. The van der Waals surface area contributed by atoms with Gasteiger partial charge in [-0.3, -0.25) is 14.1 Å². The van der Waals surface area contributed by atoms with Gasteiger partial charge in [-0.15, -0.1) is 11.3 Å². The van der Waals surface area contributed by atoms with Crippen LogP contribution in [0.15, 0.2) is 35.9 Å². The predicted octanol–water partition coefficient (Wildman–Crippen LogP) is 4.43. The molecule has 0 radical (unpaired) electrons. The number of imidazole rings is 1. The number of amides is 1. The molecular weight excluding hydrogens is 368 g/mol. The van der Waals surface area contributed by atoms with Crippen molar-refractivity contribution < 1.29 is 4.79 Å². The summed E-state index contributed by atoms with van der Waals surface area (Å²) in [5.74, 6) is -0.173. The standard InChI is InChI=1S/C19H19ClN4OS/c1-2-8-23-11-13-4-3-5-15(14(13)12-23)21-17(25)7-6-16-18(20)22-19-24(16)9-10-26-19/h3-7,9-10H,2,8,11-12H2,1H3,(H,21,25)/b7-6+. The van der Waals surface area contributed by atoms with E-state index in [1.807, 2.05) is 28.1 Å². The predicted molar refractivity (Wildman–Crippen MR) is 107 cm³/mol. The van der Waals surface area contributed by atoms with Gasteiger partial charge in [-0.05, 0) is 36.2 Å². The Morgan fingerprint density at radius 1 is 1.42 bits per heavy atom. The van der Waals surface area contributed by atoms with Gasteiger partial charge in [-0.1, -0.05) is 30.7 Å². The normalized spacial score (nSPS) is 14.4. The van der Waals surface area contributed by atoms with Crippen LogP contribution in [0.4, 0.5) is 5.69 Å². The highest BCUT2D eigenvalue weighted by molar-refractivity contribution is 7.15. The van der Waals surface area contributed by atoms with Crippen LogP contribution in [-0.4, -0.2) is 26.7 Å². The Morgan fingerprint density at radius 3 is 3.15 bits per heavy atom. The smallest absolute Gasteiger partial charge is 0.248 e. The van der Waals surface area contributed by atoms with Gasteiger partial charge in [0.2, 0.25) is 5.91 Å². The topological polar surface area (TPSA) is 49.6 Å². The molecule has 0 unspecified atom stereocenters. The summed E-state index contributed by atoms with van der Waals surface area (Å²) in [6.07, 6.45) is 6.23. The highest BCUT2D eigenvalue weighted by atomic mass is 35.5. The molecule has 26 heavy (non-hydrogen) atoms. The molecule has 0 fully saturated rings. The number of rotatable bonds is 5. The first kappa shape index (κ1) is 17.3. The van der Waals surface area contributed by atoms with Crippen LogP contribution in [0.25, 0.3) is 11.0 Å². The number of benzene rings is 1. The number of nitrogens with one attached hydrogen (secondary N) is 1. The Balaban J connectivity index is 1.51. The lowest BCUT2D eigenvalue weighted by molar-refractivity contribution is -0.111. The van der Waals surface area contributed by atoms with Crippen LogP contribution in [-0.2, 0) is 17.9 Å². The molecule has 0 saturated heterocycles. The quantitative estimate of drug-likeness (QED) is 0.660. The summed E-state index contributed by atoms with van der Waals surface area (Å²) < 4.78 is 1.87. The largest absolute Gasteiger partial charge is 0.322 e. The second-order valence-corrected chi connectivity index (χ2v) is 7.55. The summed E-state index contributed by atoms with van der Waals surface area (Å²) in [5, 5.41) is 5.34.